The highest BCUT2D eigenvalue weighted by Gasteiger charge is 2.39. The number of imide groups is 1. The second-order valence-electron chi connectivity index (χ2n) is 7.55. The van der Waals surface area contributed by atoms with Gasteiger partial charge in [-0.25, -0.2) is 9.37 Å². The van der Waals surface area contributed by atoms with Gasteiger partial charge in [-0.1, -0.05) is 38.0 Å². The summed E-state index contributed by atoms with van der Waals surface area (Å²) in [5, 5.41) is 0.764. The number of halogens is 1. The molecule has 0 saturated heterocycles. The van der Waals surface area contributed by atoms with Crippen molar-refractivity contribution in [2.75, 3.05) is 0 Å². The zero-order chi connectivity index (χ0) is 21.3. The largest absolute Gasteiger partial charge is 0.269 e. The van der Waals surface area contributed by atoms with Gasteiger partial charge in [-0.15, -0.1) is 0 Å². The molecule has 1 aromatic heterocycles. The van der Waals surface area contributed by atoms with E-state index in [2.05, 4.69) is 11.9 Å². The topological polar surface area (TPSA) is 50.3 Å². The molecule has 152 valence electrons. The fraction of sp³-hybridized carbons (Fsp3) is 0.240. The van der Waals surface area contributed by atoms with Crippen LogP contribution in [0.3, 0.4) is 0 Å². The van der Waals surface area contributed by atoms with Gasteiger partial charge in [0.25, 0.3) is 11.8 Å². The highest BCUT2D eigenvalue weighted by atomic mass is 19.1. The van der Waals surface area contributed by atoms with Crippen LogP contribution in [0.15, 0.2) is 54.6 Å². The molecule has 0 aliphatic carbocycles. The lowest BCUT2D eigenvalue weighted by atomic mass is 10.0. The summed E-state index contributed by atoms with van der Waals surface area (Å²) in [5.74, 6) is -0.955. The number of allylic oxidation sites excluding steroid dienone is 1. The van der Waals surface area contributed by atoms with Gasteiger partial charge >= 0.3 is 0 Å². The number of aromatic nitrogens is 1. The van der Waals surface area contributed by atoms with Crippen LogP contribution in [0.1, 0.15) is 71.1 Å². The molecule has 0 saturated carbocycles. The van der Waals surface area contributed by atoms with Gasteiger partial charge in [0.2, 0.25) is 0 Å². The minimum atomic E-state index is -0.509. The third kappa shape index (κ3) is 3.52. The van der Waals surface area contributed by atoms with Gasteiger partial charge in [-0.2, -0.15) is 0 Å². The fourth-order valence-electron chi connectivity index (χ4n) is 3.86. The summed E-state index contributed by atoms with van der Waals surface area (Å²) in [6, 6.07) is 12.7. The first-order chi connectivity index (χ1) is 14.5. The Balaban J connectivity index is 1.78. The lowest BCUT2D eigenvalue weighted by molar-refractivity contribution is 0.0595. The van der Waals surface area contributed by atoms with Crippen molar-refractivity contribution >= 4 is 28.8 Å². The molecule has 4 rings (SSSR count). The minimum absolute atomic E-state index is 0.303. The molecule has 4 nitrogen and oxygen atoms in total. The smallest absolute Gasteiger partial charge is 0.262 e. The highest BCUT2D eigenvalue weighted by molar-refractivity contribution is 6.21. The minimum Gasteiger partial charge on any atom is -0.269 e. The monoisotopic (exact) mass is 402 g/mol. The fourth-order valence-corrected chi connectivity index (χ4v) is 3.86. The molecule has 5 heteroatoms. The van der Waals surface area contributed by atoms with Crippen LogP contribution < -0.4 is 0 Å². The van der Waals surface area contributed by atoms with Gasteiger partial charge in [-0.3, -0.25) is 14.5 Å². The first kappa shape index (κ1) is 20.0. The van der Waals surface area contributed by atoms with Gasteiger partial charge < -0.3 is 0 Å². The Morgan fingerprint density at radius 2 is 1.77 bits per heavy atom. The molecule has 0 fully saturated rings. The van der Waals surface area contributed by atoms with E-state index in [9.17, 15) is 14.0 Å². The predicted molar refractivity (Wildman–Crippen MR) is 116 cm³/mol. The van der Waals surface area contributed by atoms with Gasteiger partial charge in [0.1, 0.15) is 5.82 Å². The molecule has 0 spiro atoms. The molecule has 1 aliphatic heterocycles. The van der Waals surface area contributed by atoms with Crippen LogP contribution in [0.25, 0.3) is 17.0 Å². The van der Waals surface area contributed by atoms with Crippen LogP contribution in [0.5, 0.6) is 0 Å². The maximum absolute atomic E-state index is 13.7. The Kier molecular flexibility index (Phi) is 5.44. The van der Waals surface area contributed by atoms with Crippen molar-refractivity contribution < 1.29 is 14.0 Å². The predicted octanol–water partition coefficient (Wildman–Crippen LogP) is 5.93. The van der Waals surface area contributed by atoms with Crippen molar-refractivity contribution in [3.8, 4) is 0 Å². The Labute approximate surface area is 175 Å². The van der Waals surface area contributed by atoms with E-state index in [0.29, 0.717) is 22.3 Å². The van der Waals surface area contributed by atoms with E-state index in [0.717, 1.165) is 30.2 Å². The lowest BCUT2D eigenvalue weighted by Crippen LogP contribution is -2.33. The van der Waals surface area contributed by atoms with Crippen molar-refractivity contribution in [1.82, 2.24) is 9.88 Å². The summed E-state index contributed by atoms with van der Waals surface area (Å²) in [6.45, 7) is 3.96. The van der Waals surface area contributed by atoms with E-state index in [1.54, 1.807) is 30.3 Å². The maximum atomic E-state index is 13.7. The summed E-state index contributed by atoms with van der Waals surface area (Å²) >= 11 is 0. The summed E-state index contributed by atoms with van der Waals surface area (Å²) in [6.07, 6.45) is 6.99. The van der Waals surface area contributed by atoms with Crippen LogP contribution >= 0.6 is 0 Å². The first-order valence-corrected chi connectivity index (χ1v) is 10.2. The van der Waals surface area contributed by atoms with Crippen molar-refractivity contribution in [3.63, 3.8) is 0 Å². The molecule has 1 unspecified atom stereocenters. The number of carbonyl (C=O) groups excluding carboxylic acids is 2. The third-order valence-electron chi connectivity index (χ3n) is 5.50. The highest BCUT2D eigenvalue weighted by Crippen LogP contribution is 2.34. The number of benzene rings is 2. The number of hydrogen-bond acceptors (Lipinski definition) is 3. The van der Waals surface area contributed by atoms with E-state index < -0.39 is 6.04 Å². The standard InChI is InChI=1S/C25H23FN2O2/c1-3-4-5-6-11-22-21(14-17-12-13-18(26)15-23(17)27-22)16(2)28-24(29)19-9-7-8-10-20(19)25(28)30/h6-16H,3-5H2,1-2H3/b11-6+. The number of amides is 2. The first-order valence-electron chi connectivity index (χ1n) is 10.2. The normalized spacial score (nSPS) is 14.7. The third-order valence-corrected chi connectivity index (χ3v) is 5.50. The molecule has 2 amide bonds. The van der Waals surface area contributed by atoms with Gasteiger partial charge in [-0.05, 0) is 49.8 Å². The number of pyridine rings is 1. The molecule has 0 radical (unpaired) electrons. The molecule has 1 aliphatic rings. The summed E-state index contributed by atoms with van der Waals surface area (Å²) < 4.78 is 13.7. The molecule has 0 N–H and O–H groups in total. The van der Waals surface area contributed by atoms with Crippen molar-refractivity contribution in [3.05, 3.63) is 82.8 Å². The number of rotatable bonds is 6. The Hall–Kier alpha value is -3.34. The van der Waals surface area contributed by atoms with Gasteiger partial charge in [0.15, 0.2) is 0 Å². The molecular weight excluding hydrogens is 379 g/mol. The van der Waals surface area contributed by atoms with E-state index in [1.165, 1.54) is 17.0 Å². The molecular formula is C25H23FN2O2. The lowest BCUT2D eigenvalue weighted by Gasteiger charge is -2.24. The quantitative estimate of drug-likeness (QED) is 0.379. The Morgan fingerprint density at radius 3 is 2.43 bits per heavy atom. The zero-order valence-corrected chi connectivity index (χ0v) is 17.1. The van der Waals surface area contributed by atoms with Crippen LogP contribution in [0.4, 0.5) is 4.39 Å². The summed E-state index contributed by atoms with van der Waals surface area (Å²) in [5.41, 5.74) is 2.79. The molecule has 2 heterocycles. The van der Waals surface area contributed by atoms with Crippen LogP contribution in [0, 0.1) is 5.82 Å². The van der Waals surface area contributed by atoms with Crippen molar-refractivity contribution in [2.45, 2.75) is 39.2 Å². The zero-order valence-electron chi connectivity index (χ0n) is 17.1. The van der Waals surface area contributed by atoms with Crippen LogP contribution in [-0.4, -0.2) is 21.7 Å². The van der Waals surface area contributed by atoms with Crippen molar-refractivity contribution in [2.24, 2.45) is 0 Å². The molecule has 0 bridgehead atoms. The summed E-state index contributed by atoms with van der Waals surface area (Å²) in [7, 11) is 0. The number of fused-ring (bicyclic) bond motifs is 2. The molecule has 2 aromatic carbocycles. The molecule has 3 aromatic rings. The number of hydrogen-bond donors (Lipinski definition) is 0. The Morgan fingerprint density at radius 1 is 1.07 bits per heavy atom. The summed E-state index contributed by atoms with van der Waals surface area (Å²) in [4.78, 5) is 31.9. The van der Waals surface area contributed by atoms with Crippen LogP contribution in [0.2, 0.25) is 0 Å². The molecule has 30 heavy (non-hydrogen) atoms. The van der Waals surface area contributed by atoms with Gasteiger partial charge in [0, 0.05) is 17.0 Å². The Bertz CT molecular complexity index is 1130. The second kappa shape index (κ2) is 8.19. The average Bonchev–Trinajstić information content (AvgIpc) is 3.00. The number of carbonyl (C=O) groups is 2. The number of nitrogens with zero attached hydrogens (tertiary/aromatic N) is 2. The number of unbranched alkanes of at least 4 members (excludes halogenated alkanes) is 2. The average molecular weight is 402 g/mol. The molecule has 1 atom stereocenters. The van der Waals surface area contributed by atoms with Gasteiger partial charge in [0.05, 0.1) is 28.4 Å². The van der Waals surface area contributed by atoms with E-state index >= 15 is 0 Å². The van der Waals surface area contributed by atoms with E-state index in [1.807, 2.05) is 25.1 Å². The maximum Gasteiger partial charge on any atom is 0.262 e. The second-order valence-corrected chi connectivity index (χ2v) is 7.55. The SMILES string of the molecule is CCCC/C=C/c1nc2cc(F)ccc2cc1C(C)N1C(=O)c2ccccc2C1=O. The van der Waals surface area contributed by atoms with E-state index in [-0.39, 0.29) is 17.6 Å². The van der Waals surface area contributed by atoms with Crippen LogP contribution in [-0.2, 0) is 0 Å². The van der Waals surface area contributed by atoms with E-state index in [4.69, 9.17) is 0 Å². The van der Waals surface area contributed by atoms with Crippen molar-refractivity contribution in [1.29, 1.82) is 0 Å².